The van der Waals surface area contributed by atoms with Gasteiger partial charge in [-0.25, -0.2) is 0 Å². The van der Waals surface area contributed by atoms with E-state index in [9.17, 15) is 9.59 Å². The van der Waals surface area contributed by atoms with Gasteiger partial charge in [-0.2, -0.15) is 0 Å². The van der Waals surface area contributed by atoms with Crippen molar-refractivity contribution in [1.29, 1.82) is 0 Å². The summed E-state index contributed by atoms with van der Waals surface area (Å²) >= 11 is 0. The predicted molar refractivity (Wildman–Crippen MR) is 77.7 cm³/mol. The molecular weight excluding hydrogens is 268 g/mol. The van der Waals surface area contributed by atoms with Gasteiger partial charge in [0.1, 0.15) is 0 Å². The fourth-order valence-corrected chi connectivity index (χ4v) is 1.40. The Hall–Kier alpha value is -2.76. The van der Waals surface area contributed by atoms with Gasteiger partial charge in [-0.3, -0.25) is 19.6 Å². The number of nitrogens with zero attached hydrogens (tertiary/aromatic N) is 2. The summed E-state index contributed by atoms with van der Waals surface area (Å²) in [4.78, 5) is 31.9. The zero-order valence-electron chi connectivity index (χ0n) is 16.8. The summed E-state index contributed by atoms with van der Waals surface area (Å²) in [6, 6.07) is 2.35. The van der Waals surface area contributed by atoms with Crippen LogP contribution in [0.15, 0.2) is 49.1 Å². The third kappa shape index (κ3) is 4.38. The molecule has 1 atom stereocenters. The van der Waals surface area contributed by atoms with Gasteiger partial charge in [0.2, 0.25) is 0 Å². The van der Waals surface area contributed by atoms with Crippen LogP contribution in [0.5, 0.6) is 0 Å². The maximum Gasteiger partial charge on any atom is 0.253 e. The summed E-state index contributed by atoms with van der Waals surface area (Å²) in [5.41, 5.74) is -0.0967. The molecule has 2 aromatic heterocycles. The zero-order chi connectivity index (χ0) is 20.3. The highest BCUT2D eigenvalue weighted by Gasteiger charge is 2.11. The molecule has 0 bridgehead atoms. The van der Waals surface area contributed by atoms with Crippen LogP contribution in [-0.4, -0.2) is 34.3 Å². The van der Waals surface area contributed by atoms with Gasteiger partial charge in [0.25, 0.3) is 11.8 Å². The third-order valence-electron chi connectivity index (χ3n) is 2.39. The Bertz CT molecular complexity index is 816. The number of hydrogen-bond donors (Lipinski definition) is 2. The van der Waals surface area contributed by atoms with Crippen molar-refractivity contribution < 1.29 is 17.8 Å². The molecule has 0 aliphatic rings. The predicted octanol–water partition coefficient (Wildman–Crippen LogP) is 1.02. The van der Waals surface area contributed by atoms with Gasteiger partial charge in [-0.05, 0) is 31.1 Å². The highest BCUT2D eigenvalue weighted by atomic mass is 16.2. The van der Waals surface area contributed by atoms with Crippen molar-refractivity contribution in [2.24, 2.45) is 0 Å². The van der Waals surface area contributed by atoms with Crippen LogP contribution in [0.4, 0.5) is 0 Å². The standard InChI is InChI=1S/C15H16N4O2/c1-11(19-15(21)13-5-3-7-17-10-13)8-18-14(20)12-4-2-6-16-9-12/h2-7,9-11H,8H2,1H3,(H,18,20)(H,19,21)/i1D3,8D2,11D. The van der Waals surface area contributed by atoms with Crippen molar-refractivity contribution in [2.45, 2.75) is 12.9 Å². The molecule has 2 heterocycles. The second-order valence-corrected chi connectivity index (χ2v) is 3.89. The van der Waals surface area contributed by atoms with Gasteiger partial charge in [-0.1, -0.05) is 0 Å². The molecule has 0 aliphatic carbocycles. The Balaban J connectivity index is 2.33. The lowest BCUT2D eigenvalue weighted by molar-refractivity contribution is 0.0912. The van der Waals surface area contributed by atoms with Gasteiger partial charge in [0, 0.05) is 41.4 Å². The van der Waals surface area contributed by atoms with E-state index in [4.69, 9.17) is 8.22 Å². The summed E-state index contributed by atoms with van der Waals surface area (Å²) in [5.74, 6) is -2.00. The van der Waals surface area contributed by atoms with Crippen LogP contribution in [0.25, 0.3) is 0 Å². The largest absolute Gasteiger partial charge is 0.350 e. The van der Waals surface area contributed by atoms with Gasteiger partial charge in [-0.15, -0.1) is 0 Å². The number of carbonyl (C=O) groups excluding carboxylic acids is 2. The van der Waals surface area contributed by atoms with Gasteiger partial charge in [0.05, 0.1) is 15.2 Å². The van der Waals surface area contributed by atoms with E-state index >= 15 is 0 Å². The first-order valence-corrected chi connectivity index (χ1v) is 5.93. The first-order valence-electron chi connectivity index (χ1n) is 8.93. The van der Waals surface area contributed by atoms with E-state index in [1.165, 1.54) is 36.7 Å². The van der Waals surface area contributed by atoms with Crippen LogP contribution in [-0.2, 0) is 0 Å². The quantitative estimate of drug-likeness (QED) is 0.861. The highest BCUT2D eigenvalue weighted by Crippen LogP contribution is 1.97. The van der Waals surface area contributed by atoms with Crippen molar-refractivity contribution >= 4 is 11.8 Å². The minimum Gasteiger partial charge on any atom is -0.350 e. The molecule has 0 saturated heterocycles. The van der Waals surface area contributed by atoms with Crippen molar-refractivity contribution in [3.63, 3.8) is 0 Å². The molecule has 0 fully saturated rings. The molecule has 6 heteroatoms. The van der Waals surface area contributed by atoms with Crippen molar-refractivity contribution in [1.82, 2.24) is 20.6 Å². The Labute approximate surface area is 131 Å². The van der Waals surface area contributed by atoms with E-state index in [-0.39, 0.29) is 11.1 Å². The minimum absolute atomic E-state index is 0.0344. The zero-order valence-corrected chi connectivity index (χ0v) is 10.8. The Morgan fingerprint density at radius 2 is 1.86 bits per heavy atom. The number of amides is 2. The molecule has 2 N–H and O–H groups in total. The number of carbonyl (C=O) groups is 2. The molecule has 108 valence electrons. The van der Waals surface area contributed by atoms with Gasteiger partial charge < -0.3 is 10.6 Å². The molecular formula is C15H16N4O2. The molecule has 0 saturated carbocycles. The SMILES string of the molecule is [2H]C([2H])([2H])C([2H])(NC(=O)c1cccnc1)C([2H])([2H])NC(=O)c1cccnc1. The van der Waals surface area contributed by atoms with Crippen LogP contribution in [0.1, 0.15) is 35.8 Å². The topological polar surface area (TPSA) is 84.0 Å². The number of hydrogen-bond acceptors (Lipinski definition) is 4. The van der Waals surface area contributed by atoms with Crippen LogP contribution in [0, 0.1) is 0 Å². The van der Waals surface area contributed by atoms with E-state index in [0.717, 1.165) is 12.4 Å². The molecule has 0 aliphatic heterocycles. The normalized spacial score (nSPS) is 18.5. The second-order valence-electron chi connectivity index (χ2n) is 3.89. The summed E-state index contributed by atoms with van der Waals surface area (Å²) in [6.07, 6.45) is 5.08. The van der Waals surface area contributed by atoms with Crippen LogP contribution in [0.2, 0.25) is 0 Å². The van der Waals surface area contributed by atoms with E-state index in [0.29, 0.717) is 0 Å². The summed E-state index contributed by atoms with van der Waals surface area (Å²) in [7, 11) is 0. The Kier molecular flexibility index (Phi) is 2.89. The first-order chi connectivity index (χ1) is 12.5. The van der Waals surface area contributed by atoms with Crippen LogP contribution in [0.3, 0.4) is 0 Å². The average Bonchev–Trinajstić information content (AvgIpc) is 2.61. The van der Waals surface area contributed by atoms with E-state index < -0.39 is 31.2 Å². The van der Waals surface area contributed by atoms with E-state index in [2.05, 4.69) is 9.97 Å². The monoisotopic (exact) mass is 290 g/mol. The van der Waals surface area contributed by atoms with E-state index in [1.807, 2.05) is 10.6 Å². The van der Waals surface area contributed by atoms with Crippen LogP contribution >= 0.6 is 0 Å². The molecule has 6 nitrogen and oxygen atoms in total. The number of aromatic nitrogens is 2. The molecule has 0 aromatic carbocycles. The maximum absolute atomic E-state index is 12.3. The first kappa shape index (κ1) is 8.51. The fraction of sp³-hybridized carbons (Fsp3) is 0.200. The van der Waals surface area contributed by atoms with Crippen molar-refractivity contribution in [3.05, 3.63) is 60.2 Å². The minimum atomic E-state index is -3.31. The molecule has 2 amide bonds. The molecule has 0 radical (unpaired) electrons. The lowest BCUT2D eigenvalue weighted by Gasteiger charge is -2.14. The van der Waals surface area contributed by atoms with Gasteiger partial charge >= 0.3 is 0 Å². The highest BCUT2D eigenvalue weighted by molar-refractivity contribution is 5.95. The van der Waals surface area contributed by atoms with Gasteiger partial charge in [0.15, 0.2) is 0 Å². The van der Waals surface area contributed by atoms with Crippen LogP contribution < -0.4 is 10.6 Å². The van der Waals surface area contributed by atoms with E-state index in [1.54, 1.807) is 0 Å². The molecule has 1 unspecified atom stereocenters. The number of pyridine rings is 2. The lowest BCUT2D eigenvalue weighted by Crippen LogP contribution is -2.41. The average molecular weight is 290 g/mol. The summed E-state index contributed by atoms with van der Waals surface area (Å²) in [5, 5.41) is 3.72. The third-order valence-corrected chi connectivity index (χ3v) is 2.39. The summed E-state index contributed by atoms with van der Waals surface area (Å²) < 4.78 is 46.9. The summed E-state index contributed by atoms with van der Waals surface area (Å²) in [6.45, 7) is -6.46. The maximum atomic E-state index is 12.3. The molecule has 21 heavy (non-hydrogen) atoms. The molecule has 0 spiro atoms. The number of rotatable bonds is 5. The second kappa shape index (κ2) is 7.14. The molecule has 2 aromatic rings. The fourth-order valence-electron chi connectivity index (χ4n) is 1.40. The van der Waals surface area contributed by atoms with Crippen molar-refractivity contribution in [3.8, 4) is 0 Å². The molecule has 2 rings (SSSR count). The smallest absolute Gasteiger partial charge is 0.253 e. The van der Waals surface area contributed by atoms with Crippen molar-refractivity contribution in [2.75, 3.05) is 6.50 Å². The Morgan fingerprint density at radius 1 is 1.24 bits per heavy atom. The lowest BCUT2D eigenvalue weighted by atomic mass is 10.2. The Morgan fingerprint density at radius 3 is 2.38 bits per heavy atom. The number of nitrogens with one attached hydrogen (secondary N) is 2.